The molecule has 1 aromatic heterocycles. The molecule has 1 aliphatic rings. The van der Waals surface area contributed by atoms with Crippen LogP contribution in [0.4, 0.5) is 11.4 Å². The first kappa shape index (κ1) is 13.1. The molecule has 0 fully saturated rings. The maximum atomic E-state index is 12.6. The summed E-state index contributed by atoms with van der Waals surface area (Å²) in [4.78, 5) is 20.1. The second kappa shape index (κ2) is 4.91. The van der Waals surface area contributed by atoms with Crippen LogP contribution in [0.2, 0.25) is 0 Å². The number of nitriles is 1. The smallest absolute Gasteiger partial charge is 0.260 e. The lowest BCUT2D eigenvalue weighted by molar-refractivity contribution is 0.0994. The Morgan fingerprint density at radius 1 is 1.33 bits per heavy atom. The minimum atomic E-state index is -0.614. The first-order valence-electron chi connectivity index (χ1n) is 6.58. The minimum Gasteiger partial charge on any atom is -0.378 e. The van der Waals surface area contributed by atoms with Gasteiger partial charge in [0.15, 0.2) is 6.04 Å². The van der Waals surface area contributed by atoms with Crippen molar-refractivity contribution in [2.75, 3.05) is 23.9 Å². The predicted octanol–water partition coefficient (Wildman–Crippen LogP) is 2.37. The van der Waals surface area contributed by atoms with E-state index in [4.69, 9.17) is 0 Å². The van der Waals surface area contributed by atoms with E-state index in [2.05, 4.69) is 11.1 Å². The fourth-order valence-corrected chi connectivity index (χ4v) is 2.53. The van der Waals surface area contributed by atoms with E-state index in [9.17, 15) is 10.1 Å². The topological polar surface area (TPSA) is 60.2 Å². The highest BCUT2D eigenvalue weighted by Gasteiger charge is 2.38. The average Bonchev–Trinajstić information content (AvgIpc) is 2.80. The van der Waals surface area contributed by atoms with Crippen LogP contribution < -0.4 is 9.80 Å². The molecule has 5 heteroatoms. The quantitative estimate of drug-likeness (QED) is 0.846. The monoisotopic (exact) mass is 278 g/mol. The van der Waals surface area contributed by atoms with Gasteiger partial charge in [-0.3, -0.25) is 14.7 Å². The van der Waals surface area contributed by atoms with Crippen LogP contribution in [0.1, 0.15) is 22.0 Å². The molecule has 0 aliphatic carbocycles. The van der Waals surface area contributed by atoms with E-state index in [-0.39, 0.29) is 5.91 Å². The van der Waals surface area contributed by atoms with Crippen LogP contribution in [0.5, 0.6) is 0 Å². The molecule has 5 nitrogen and oxygen atoms in total. The number of hydrogen-bond acceptors (Lipinski definition) is 4. The third kappa shape index (κ3) is 2.01. The van der Waals surface area contributed by atoms with Crippen molar-refractivity contribution in [3.8, 4) is 6.07 Å². The van der Waals surface area contributed by atoms with Gasteiger partial charge in [-0.2, -0.15) is 5.26 Å². The van der Waals surface area contributed by atoms with Crippen molar-refractivity contribution < 1.29 is 4.79 Å². The SMILES string of the molecule is CN(C)c1ccc2c(c1)C(C#N)N(c1cccnc1)C2=O. The number of carbonyl (C=O) groups excluding carboxylic acids is 1. The van der Waals surface area contributed by atoms with E-state index in [1.165, 1.54) is 4.90 Å². The Hall–Kier alpha value is -2.87. The first-order valence-corrected chi connectivity index (χ1v) is 6.58. The molecular weight excluding hydrogens is 264 g/mol. The number of pyridine rings is 1. The largest absolute Gasteiger partial charge is 0.378 e. The summed E-state index contributed by atoms with van der Waals surface area (Å²) in [6, 6.07) is 10.7. The summed E-state index contributed by atoms with van der Waals surface area (Å²) in [5.41, 5.74) is 2.93. The Kier molecular flexibility index (Phi) is 3.07. The van der Waals surface area contributed by atoms with Gasteiger partial charge >= 0.3 is 0 Å². The number of amides is 1. The summed E-state index contributed by atoms with van der Waals surface area (Å²) in [7, 11) is 3.86. The molecular formula is C16H14N4O. The maximum absolute atomic E-state index is 12.6. The molecule has 21 heavy (non-hydrogen) atoms. The normalized spacial score (nSPS) is 16.5. The molecule has 1 unspecified atom stereocenters. The fourth-order valence-electron chi connectivity index (χ4n) is 2.53. The summed E-state index contributed by atoms with van der Waals surface area (Å²) in [5, 5.41) is 9.51. The fraction of sp³-hybridized carbons (Fsp3) is 0.188. The van der Waals surface area contributed by atoms with Crippen LogP contribution in [0.15, 0.2) is 42.7 Å². The summed E-state index contributed by atoms with van der Waals surface area (Å²) in [6.07, 6.45) is 3.24. The molecule has 1 atom stereocenters. The van der Waals surface area contributed by atoms with Crippen molar-refractivity contribution in [3.05, 3.63) is 53.9 Å². The Labute approximate surface area is 123 Å². The van der Waals surface area contributed by atoms with Gasteiger partial charge in [0, 0.05) is 37.1 Å². The molecule has 0 N–H and O–H groups in total. The van der Waals surface area contributed by atoms with E-state index >= 15 is 0 Å². The lowest BCUT2D eigenvalue weighted by atomic mass is 10.0. The minimum absolute atomic E-state index is 0.158. The molecule has 1 aromatic carbocycles. The number of hydrogen-bond donors (Lipinski definition) is 0. The Balaban J connectivity index is 2.12. The number of aromatic nitrogens is 1. The zero-order chi connectivity index (χ0) is 15.0. The molecule has 3 rings (SSSR count). The van der Waals surface area contributed by atoms with Crippen LogP contribution in [0, 0.1) is 11.3 Å². The molecule has 1 aliphatic heterocycles. The summed E-state index contributed by atoms with van der Waals surface area (Å²) >= 11 is 0. The number of fused-ring (bicyclic) bond motifs is 1. The molecule has 104 valence electrons. The van der Waals surface area contributed by atoms with E-state index in [0.29, 0.717) is 11.3 Å². The lowest BCUT2D eigenvalue weighted by Gasteiger charge is -2.19. The zero-order valence-corrected chi connectivity index (χ0v) is 11.8. The van der Waals surface area contributed by atoms with E-state index < -0.39 is 6.04 Å². The van der Waals surface area contributed by atoms with Gasteiger partial charge in [-0.05, 0) is 30.3 Å². The highest BCUT2D eigenvalue weighted by Crippen LogP contribution is 2.38. The van der Waals surface area contributed by atoms with Crippen molar-refractivity contribution in [1.82, 2.24) is 4.98 Å². The third-order valence-electron chi connectivity index (χ3n) is 3.60. The molecule has 0 saturated heterocycles. The lowest BCUT2D eigenvalue weighted by Crippen LogP contribution is -2.26. The van der Waals surface area contributed by atoms with Crippen molar-refractivity contribution in [1.29, 1.82) is 5.26 Å². The first-order chi connectivity index (χ1) is 10.1. The van der Waals surface area contributed by atoms with Gasteiger partial charge in [0.25, 0.3) is 5.91 Å². The molecule has 2 aromatic rings. The van der Waals surface area contributed by atoms with Crippen LogP contribution >= 0.6 is 0 Å². The number of carbonyl (C=O) groups is 1. The van der Waals surface area contributed by atoms with Crippen molar-refractivity contribution in [2.24, 2.45) is 0 Å². The van der Waals surface area contributed by atoms with Gasteiger partial charge in [0.1, 0.15) is 0 Å². The molecule has 1 amide bonds. The highest BCUT2D eigenvalue weighted by atomic mass is 16.2. The van der Waals surface area contributed by atoms with Gasteiger partial charge in [-0.25, -0.2) is 0 Å². The third-order valence-corrected chi connectivity index (χ3v) is 3.60. The molecule has 0 radical (unpaired) electrons. The van der Waals surface area contributed by atoms with E-state index in [1.54, 1.807) is 30.6 Å². The molecule has 0 bridgehead atoms. The summed E-state index contributed by atoms with van der Waals surface area (Å²) in [6.45, 7) is 0. The van der Waals surface area contributed by atoms with Crippen LogP contribution in [0.3, 0.4) is 0 Å². The average molecular weight is 278 g/mol. The van der Waals surface area contributed by atoms with Gasteiger partial charge in [0.05, 0.1) is 18.0 Å². The Morgan fingerprint density at radius 2 is 2.14 bits per heavy atom. The van der Waals surface area contributed by atoms with Crippen LogP contribution in [0.25, 0.3) is 0 Å². The molecule has 0 spiro atoms. The maximum Gasteiger partial charge on any atom is 0.260 e. The highest BCUT2D eigenvalue weighted by molar-refractivity contribution is 6.11. The summed E-state index contributed by atoms with van der Waals surface area (Å²) < 4.78 is 0. The molecule has 0 saturated carbocycles. The molecule has 2 heterocycles. The van der Waals surface area contributed by atoms with Crippen molar-refractivity contribution >= 4 is 17.3 Å². The van der Waals surface area contributed by atoms with Gasteiger partial charge in [-0.1, -0.05) is 0 Å². The Morgan fingerprint density at radius 3 is 2.76 bits per heavy atom. The van der Waals surface area contributed by atoms with Crippen LogP contribution in [-0.4, -0.2) is 25.0 Å². The van der Waals surface area contributed by atoms with Gasteiger partial charge in [-0.15, -0.1) is 0 Å². The number of nitrogens with zero attached hydrogens (tertiary/aromatic N) is 4. The second-order valence-electron chi connectivity index (χ2n) is 5.08. The number of benzene rings is 1. The van der Waals surface area contributed by atoms with Crippen LogP contribution in [-0.2, 0) is 0 Å². The van der Waals surface area contributed by atoms with Gasteiger partial charge < -0.3 is 4.90 Å². The van der Waals surface area contributed by atoms with E-state index in [0.717, 1.165) is 11.3 Å². The number of rotatable bonds is 2. The zero-order valence-electron chi connectivity index (χ0n) is 11.8. The Bertz CT molecular complexity index is 734. The standard InChI is InChI=1S/C16H14N4O/c1-19(2)11-5-6-13-14(8-11)15(9-17)20(16(13)21)12-4-3-7-18-10-12/h3-8,10,15H,1-2H3. The van der Waals surface area contributed by atoms with E-state index in [1.807, 2.05) is 31.1 Å². The van der Waals surface area contributed by atoms with Crippen molar-refractivity contribution in [2.45, 2.75) is 6.04 Å². The second-order valence-corrected chi connectivity index (χ2v) is 5.08. The van der Waals surface area contributed by atoms with Gasteiger partial charge in [0.2, 0.25) is 0 Å². The number of anilines is 2. The summed E-state index contributed by atoms with van der Waals surface area (Å²) in [5.74, 6) is -0.158. The predicted molar refractivity (Wildman–Crippen MR) is 80.2 cm³/mol. The van der Waals surface area contributed by atoms with Crippen molar-refractivity contribution in [3.63, 3.8) is 0 Å².